The Morgan fingerprint density at radius 2 is 1.78 bits per heavy atom. The lowest BCUT2D eigenvalue weighted by Gasteiger charge is -2.29. The summed E-state index contributed by atoms with van der Waals surface area (Å²) < 4.78 is 16.4. The van der Waals surface area contributed by atoms with Crippen LogP contribution in [0.4, 0.5) is 0 Å². The normalized spacial score (nSPS) is 16.9. The van der Waals surface area contributed by atoms with Crippen LogP contribution in [0.5, 0.6) is 11.5 Å². The van der Waals surface area contributed by atoms with Crippen molar-refractivity contribution in [2.24, 2.45) is 0 Å². The lowest BCUT2D eigenvalue weighted by atomic mass is 9.94. The topological polar surface area (TPSA) is 98.8 Å². The number of nitrogens with zero attached hydrogens (tertiary/aromatic N) is 1. The van der Waals surface area contributed by atoms with Gasteiger partial charge in [-0.25, -0.2) is 4.79 Å². The molecule has 0 bridgehead atoms. The van der Waals surface area contributed by atoms with Gasteiger partial charge in [-0.1, -0.05) is 24.3 Å². The molecular formula is C29H31N3O5. The van der Waals surface area contributed by atoms with E-state index in [0.717, 1.165) is 44.8 Å². The second-order valence-electron chi connectivity index (χ2n) is 9.46. The van der Waals surface area contributed by atoms with Gasteiger partial charge in [0.05, 0.1) is 13.2 Å². The van der Waals surface area contributed by atoms with E-state index < -0.39 is 18.1 Å². The van der Waals surface area contributed by atoms with Crippen LogP contribution in [0.15, 0.2) is 48.7 Å². The number of hydrogen-bond acceptors (Lipinski definition) is 7. The minimum atomic E-state index is -0.795. The fourth-order valence-electron chi connectivity index (χ4n) is 4.86. The molecular weight excluding hydrogens is 470 g/mol. The number of amides is 1. The summed E-state index contributed by atoms with van der Waals surface area (Å²) in [5.74, 6) is 0.726. The highest BCUT2D eigenvalue weighted by Gasteiger charge is 2.30. The van der Waals surface area contributed by atoms with Crippen LogP contribution < -0.4 is 20.1 Å². The molecule has 2 atom stereocenters. The molecule has 8 nitrogen and oxygen atoms in total. The number of aryl methyl sites for hydroxylation is 1. The van der Waals surface area contributed by atoms with Gasteiger partial charge in [-0.2, -0.15) is 0 Å². The quantitative estimate of drug-likeness (QED) is 0.501. The van der Waals surface area contributed by atoms with Crippen LogP contribution in [-0.2, 0) is 33.7 Å². The van der Waals surface area contributed by atoms with E-state index >= 15 is 0 Å². The average Bonchev–Trinajstić information content (AvgIpc) is 2.92. The molecule has 192 valence electrons. The van der Waals surface area contributed by atoms with Crippen molar-refractivity contribution >= 4 is 11.9 Å². The van der Waals surface area contributed by atoms with Gasteiger partial charge in [-0.05, 0) is 71.8 Å². The molecule has 0 aliphatic carbocycles. The third-order valence-corrected chi connectivity index (χ3v) is 7.11. The molecule has 2 aliphatic heterocycles. The minimum absolute atomic E-state index is 0.240. The number of rotatable bonds is 6. The Hall–Kier alpha value is -3.91. The molecule has 1 aromatic heterocycles. The van der Waals surface area contributed by atoms with Crippen LogP contribution in [0, 0.1) is 13.8 Å². The summed E-state index contributed by atoms with van der Waals surface area (Å²) in [6.45, 7) is 5.62. The minimum Gasteiger partial charge on any atom is -0.486 e. The van der Waals surface area contributed by atoms with Crippen molar-refractivity contribution in [1.82, 2.24) is 15.6 Å². The Labute approximate surface area is 216 Å². The van der Waals surface area contributed by atoms with E-state index in [1.807, 2.05) is 55.6 Å². The van der Waals surface area contributed by atoms with E-state index in [1.165, 1.54) is 7.11 Å². The SMILES string of the molecule is COC(=O)C(Cc1ccc(-c2ccnc(C)c2C)cc1)NC(=O)C1Cc2cc3c(cc2CN1)OCCO3. The van der Waals surface area contributed by atoms with Gasteiger partial charge >= 0.3 is 5.97 Å². The van der Waals surface area contributed by atoms with Crippen LogP contribution >= 0.6 is 0 Å². The molecule has 2 aromatic carbocycles. The summed E-state index contributed by atoms with van der Waals surface area (Å²) >= 11 is 0. The molecule has 2 N–H and O–H groups in total. The first-order valence-electron chi connectivity index (χ1n) is 12.5. The highest BCUT2D eigenvalue weighted by molar-refractivity contribution is 5.88. The zero-order chi connectivity index (χ0) is 25.9. The Morgan fingerprint density at radius 1 is 1.08 bits per heavy atom. The number of ether oxygens (including phenoxy) is 3. The summed E-state index contributed by atoms with van der Waals surface area (Å²) in [5, 5.41) is 6.18. The van der Waals surface area contributed by atoms with E-state index in [-0.39, 0.29) is 5.91 Å². The standard InChI is InChI=1S/C29H31N3O5/c1-17-18(2)30-9-8-23(17)20-6-4-19(5-7-20)12-25(29(34)35-3)32-28(33)24-13-21-14-26-27(37-11-10-36-26)15-22(21)16-31-24/h4-9,14-15,24-25,31H,10-13,16H2,1-3H3,(H,32,33). The first kappa shape index (κ1) is 24.8. The third kappa shape index (κ3) is 5.29. The van der Waals surface area contributed by atoms with E-state index in [1.54, 1.807) is 0 Å². The summed E-state index contributed by atoms with van der Waals surface area (Å²) in [6, 6.07) is 12.7. The summed E-state index contributed by atoms with van der Waals surface area (Å²) in [5.41, 5.74) is 7.37. The van der Waals surface area contributed by atoms with Gasteiger partial charge < -0.3 is 24.8 Å². The smallest absolute Gasteiger partial charge is 0.328 e. The highest BCUT2D eigenvalue weighted by atomic mass is 16.6. The van der Waals surface area contributed by atoms with Gasteiger partial charge in [0.2, 0.25) is 5.91 Å². The van der Waals surface area contributed by atoms with Crippen LogP contribution in [0.2, 0.25) is 0 Å². The summed E-state index contributed by atoms with van der Waals surface area (Å²) in [7, 11) is 1.33. The van der Waals surface area contributed by atoms with Crippen LogP contribution in [0.1, 0.15) is 27.9 Å². The molecule has 2 unspecified atom stereocenters. The van der Waals surface area contributed by atoms with E-state index in [4.69, 9.17) is 14.2 Å². The van der Waals surface area contributed by atoms with Gasteiger partial charge in [-0.15, -0.1) is 0 Å². The number of aromatic nitrogens is 1. The van der Waals surface area contributed by atoms with Crippen molar-refractivity contribution in [3.8, 4) is 22.6 Å². The van der Waals surface area contributed by atoms with Crippen molar-refractivity contribution in [3.05, 3.63) is 76.6 Å². The van der Waals surface area contributed by atoms with Crippen LogP contribution in [0.25, 0.3) is 11.1 Å². The molecule has 0 radical (unpaired) electrons. The van der Waals surface area contributed by atoms with Crippen molar-refractivity contribution in [3.63, 3.8) is 0 Å². The number of carbonyl (C=O) groups excluding carboxylic acids is 2. The molecule has 3 heterocycles. The molecule has 5 rings (SSSR count). The molecule has 0 spiro atoms. The Kier molecular flexibility index (Phi) is 7.10. The zero-order valence-electron chi connectivity index (χ0n) is 21.3. The maximum atomic E-state index is 13.2. The van der Waals surface area contributed by atoms with Crippen molar-refractivity contribution in [2.75, 3.05) is 20.3 Å². The number of fused-ring (bicyclic) bond motifs is 2. The second-order valence-corrected chi connectivity index (χ2v) is 9.46. The Bertz CT molecular complexity index is 1320. The molecule has 0 saturated heterocycles. The number of pyridine rings is 1. The molecule has 37 heavy (non-hydrogen) atoms. The number of benzene rings is 2. The molecule has 3 aromatic rings. The fourth-order valence-corrected chi connectivity index (χ4v) is 4.86. The lowest BCUT2D eigenvalue weighted by molar-refractivity contribution is -0.145. The Morgan fingerprint density at radius 3 is 2.49 bits per heavy atom. The predicted molar refractivity (Wildman–Crippen MR) is 139 cm³/mol. The second kappa shape index (κ2) is 10.6. The first-order chi connectivity index (χ1) is 17.9. The fraction of sp³-hybridized carbons (Fsp3) is 0.345. The van der Waals surface area contributed by atoms with Crippen LogP contribution in [-0.4, -0.2) is 49.3 Å². The van der Waals surface area contributed by atoms with Crippen LogP contribution in [0.3, 0.4) is 0 Å². The highest BCUT2D eigenvalue weighted by Crippen LogP contribution is 2.35. The van der Waals surface area contributed by atoms with E-state index in [2.05, 4.69) is 22.5 Å². The maximum absolute atomic E-state index is 13.2. The molecule has 0 fully saturated rings. The largest absolute Gasteiger partial charge is 0.486 e. The van der Waals surface area contributed by atoms with Crippen molar-refractivity contribution in [1.29, 1.82) is 0 Å². The first-order valence-corrected chi connectivity index (χ1v) is 12.5. The van der Waals surface area contributed by atoms with Gasteiger partial charge in [0.1, 0.15) is 19.3 Å². The Balaban J connectivity index is 1.27. The lowest BCUT2D eigenvalue weighted by Crippen LogP contribution is -2.53. The number of hydrogen-bond donors (Lipinski definition) is 2. The summed E-state index contributed by atoms with van der Waals surface area (Å²) in [4.78, 5) is 30.1. The zero-order valence-corrected chi connectivity index (χ0v) is 21.3. The van der Waals surface area contributed by atoms with Gasteiger partial charge in [0.15, 0.2) is 11.5 Å². The van der Waals surface area contributed by atoms with Gasteiger partial charge in [-0.3, -0.25) is 9.78 Å². The molecule has 1 amide bonds. The predicted octanol–water partition coefficient (Wildman–Crippen LogP) is 3.05. The number of esters is 1. The van der Waals surface area contributed by atoms with Crippen molar-refractivity contribution < 1.29 is 23.8 Å². The van der Waals surface area contributed by atoms with Gasteiger partial charge in [0, 0.05) is 24.9 Å². The van der Waals surface area contributed by atoms with E-state index in [9.17, 15) is 9.59 Å². The number of methoxy groups -OCH3 is 1. The maximum Gasteiger partial charge on any atom is 0.328 e. The van der Waals surface area contributed by atoms with Gasteiger partial charge in [0.25, 0.3) is 0 Å². The molecule has 0 saturated carbocycles. The number of nitrogens with one attached hydrogen (secondary N) is 2. The van der Waals surface area contributed by atoms with Crippen molar-refractivity contribution in [2.45, 2.75) is 45.3 Å². The molecule has 2 aliphatic rings. The van der Waals surface area contributed by atoms with E-state index in [0.29, 0.717) is 38.3 Å². The number of carbonyl (C=O) groups is 2. The monoisotopic (exact) mass is 501 g/mol. The summed E-state index contributed by atoms with van der Waals surface area (Å²) in [6.07, 6.45) is 2.63. The third-order valence-electron chi connectivity index (χ3n) is 7.11. The molecule has 8 heteroatoms. The average molecular weight is 502 g/mol.